The molecular formula is C16H22F2N2O2. The topological polar surface area (TPSA) is 55.6 Å². The predicted molar refractivity (Wildman–Crippen MR) is 80.6 cm³/mol. The average Bonchev–Trinajstić information content (AvgIpc) is 2.41. The average molecular weight is 312 g/mol. The van der Waals surface area contributed by atoms with Gasteiger partial charge in [0, 0.05) is 19.2 Å². The molecule has 1 saturated heterocycles. The summed E-state index contributed by atoms with van der Waals surface area (Å²) in [7, 11) is 0. The minimum Gasteiger partial charge on any atom is -0.444 e. The summed E-state index contributed by atoms with van der Waals surface area (Å²) in [6.45, 7) is 6.41. The molecule has 1 aliphatic heterocycles. The summed E-state index contributed by atoms with van der Waals surface area (Å²) in [4.78, 5) is 13.6. The van der Waals surface area contributed by atoms with Gasteiger partial charge < -0.3 is 15.4 Å². The number of nitrogens with two attached hydrogens (primary N) is 1. The Morgan fingerprint density at radius 1 is 1.23 bits per heavy atom. The van der Waals surface area contributed by atoms with Crippen LogP contribution in [-0.4, -0.2) is 29.7 Å². The second-order valence-electron chi connectivity index (χ2n) is 6.64. The molecule has 2 rings (SSSR count). The van der Waals surface area contributed by atoms with Gasteiger partial charge in [0.05, 0.1) is 5.69 Å². The van der Waals surface area contributed by atoms with E-state index in [1.807, 2.05) is 20.8 Å². The molecule has 4 nitrogen and oxygen atoms in total. The van der Waals surface area contributed by atoms with Crippen molar-refractivity contribution in [2.75, 3.05) is 18.8 Å². The van der Waals surface area contributed by atoms with Crippen molar-refractivity contribution in [1.82, 2.24) is 4.90 Å². The van der Waals surface area contributed by atoms with Gasteiger partial charge in [-0.2, -0.15) is 0 Å². The van der Waals surface area contributed by atoms with Crippen LogP contribution in [0.1, 0.15) is 45.1 Å². The van der Waals surface area contributed by atoms with Gasteiger partial charge in [-0.05, 0) is 51.2 Å². The number of nitrogens with zero attached hydrogens (tertiary/aromatic N) is 1. The van der Waals surface area contributed by atoms with Crippen molar-refractivity contribution in [2.24, 2.45) is 0 Å². The molecule has 1 aliphatic rings. The summed E-state index contributed by atoms with van der Waals surface area (Å²) in [5, 5.41) is 0. The second-order valence-corrected chi connectivity index (χ2v) is 6.64. The minimum atomic E-state index is -0.743. The predicted octanol–water partition coefficient (Wildman–Crippen LogP) is 3.66. The lowest BCUT2D eigenvalue weighted by molar-refractivity contribution is 0.0204. The molecule has 0 spiro atoms. The van der Waals surface area contributed by atoms with Crippen LogP contribution in [0, 0.1) is 11.6 Å². The molecule has 0 radical (unpaired) electrons. The zero-order valence-corrected chi connectivity index (χ0v) is 13.2. The molecule has 0 unspecified atom stereocenters. The van der Waals surface area contributed by atoms with Crippen LogP contribution in [-0.2, 0) is 4.74 Å². The van der Waals surface area contributed by atoms with Gasteiger partial charge in [0.1, 0.15) is 17.2 Å². The van der Waals surface area contributed by atoms with E-state index in [2.05, 4.69) is 0 Å². The van der Waals surface area contributed by atoms with E-state index in [9.17, 15) is 13.6 Å². The number of likely N-dealkylation sites (tertiary alicyclic amines) is 1. The quantitative estimate of drug-likeness (QED) is 0.805. The van der Waals surface area contributed by atoms with E-state index in [4.69, 9.17) is 10.5 Å². The van der Waals surface area contributed by atoms with Gasteiger partial charge in [0.15, 0.2) is 0 Å². The fourth-order valence-corrected chi connectivity index (χ4v) is 2.60. The number of anilines is 1. The highest BCUT2D eigenvalue weighted by Gasteiger charge is 2.28. The van der Waals surface area contributed by atoms with Crippen LogP contribution < -0.4 is 5.73 Å². The molecule has 1 heterocycles. The zero-order valence-electron chi connectivity index (χ0n) is 13.2. The van der Waals surface area contributed by atoms with Crippen LogP contribution >= 0.6 is 0 Å². The Morgan fingerprint density at radius 2 is 1.82 bits per heavy atom. The Morgan fingerprint density at radius 3 is 2.36 bits per heavy atom. The van der Waals surface area contributed by atoms with E-state index in [-0.39, 0.29) is 17.7 Å². The van der Waals surface area contributed by atoms with Crippen molar-refractivity contribution in [3.63, 3.8) is 0 Å². The Labute approximate surface area is 129 Å². The van der Waals surface area contributed by atoms with Crippen LogP contribution in [0.2, 0.25) is 0 Å². The van der Waals surface area contributed by atoms with Crippen LogP contribution in [0.25, 0.3) is 0 Å². The molecule has 6 heteroatoms. The van der Waals surface area contributed by atoms with Crippen LogP contribution in [0.3, 0.4) is 0 Å². The highest BCUT2D eigenvalue weighted by Crippen LogP contribution is 2.32. The van der Waals surface area contributed by atoms with Crippen molar-refractivity contribution in [1.29, 1.82) is 0 Å². The first-order valence-electron chi connectivity index (χ1n) is 7.39. The van der Waals surface area contributed by atoms with Gasteiger partial charge in [0.2, 0.25) is 0 Å². The van der Waals surface area contributed by atoms with Crippen molar-refractivity contribution in [3.05, 3.63) is 29.3 Å². The number of carbonyl (C=O) groups excluding carboxylic acids is 1. The van der Waals surface area contributed by atoms with Gasteiger partial charge in [-0.3, -0.25) is 0 Å². The van der Waals surface area contributed by atoms with E-state index in [0.29, 0.717) is 31.5 Å². The number of nitrogen functional groups attached to an aromatic ring is 1. The summed E-state index contributed by atoms with van der Waals surface area (Å²) >= 11 is 0. The van der Waals surface area contributed by atoms with Gasteiger partial charge in [-0.1, -0.05) is 0 Å². The number of hydrogen-bond donors (Lipinski definition) is 1. The van der Waals surface area contributed by atoms with Gasteiger partial charge in [-0.15, -0.1) is 0 Å². The normalized spacial score (nSPS) is 16.7. The monoisotopic (exact) mass is 312 g/mol. The third-order valence-electron chi connectivity index (χ3n) is 3.70. The molecule has 0 saturated carbocycles. The highest BCUT2D eigenvalue weighted by molar-refractivity contribution is 5.68. The first kappa shape index (κ1) is 16.5. The molecule has 1 aromatic rings. The fraction of sp³-hybridized carbons (Fsp3) is 0.562. The highest BCUT2D eigenvalue weighted by atomic mass is 19.1. The van der Waals surface area contributed by atoms with Gasteiger partial charge in [-0.25, -0.2) is 13.6 Å². The minimum absolute atomic E-state index is 0.0500. The second kappa shape index (κ2) is 6.10. The molecule has 0 aliphatic carbocycles. The van der Waals surface area contributed by atoms with Crippen LogP contribution in [0.5, 0.6) is 0 Å². The lowest BCUT2D eigenvalue weighted by atomic mass is 9.89. The fourth-order valence-electron chi connectivity index (χ4n) is 2.60. The Bertz CT molecular complexity index is 562. The summed E-state index contributed by atoms with van der Waals surface area (Å²) < 4.78 is 32.4. The van der Waals surface area contributed by atoms with Crippen LogP contribution in [0.4, 0.5) is 19.3 Å². The lowest BCUT2D eigenvalue weighted by Crippen LogP contribution is -2.41. The number of hydrogen-bond acceptors (Lipinski definition) is 3. The van der Waals surface area contributed by atoms with E-state index in [1.54, 1.807) is 4.90 Å². The summed E-state index contributed by atoms with van der Waals surface area (Å²) in [6.07, 6.45) is 0.840. The van der Waals surface area contributed by atoms with Crippen molar-refractivity contribution in [3.8, 4) is 0 Å². The Hall–Kier alpha value is -1.85. The Kier molecular flexibility index (Phi) is 4.58. The van der Waals surface area contributed by atoms with Crippen molar-refractivity contribution < 1.29 is 18.3 Å². The number of ether oxygens (including phenoxy) is 1. The van der Waals surface area contributed by atoms with Crippen molar-refractivity contribution in [2.45, 2.75) is 45.1 Å². The molecular weight excluding hydrogens is 290 g/mol. The van der Waals surface area contributed by atoms with Gasteiger partial charge in [0.25, 0.3) is 0 Å². The van der Waals surface area contributed by atoms with Crippen LogP contribution in [0.15, 0.2) is 12.1 Å². The summed E-state index contributed by atoms with van der Waals surface area (Å²) in [5.41, 5.74) is 5.35. The van der Waals surface area contributed by atoms with E-state index in [1.165, 1.54) is 6.07 Å². The molecule has 122 valence electrons. The Balaban J connectivity index is 2.01. The van der Waals surface area contributed by atoms with E-state index >= 15 is 0 Å². The third kappa shape index (κ3) is 3.87. The van der Waals surface area contributed by atoms with E-state index < -0.39 is 17.2 Å². The smallest absolute Gasteiger partial charge is 0.410 e. The molecule has 0 bridgehead atoms. The number of piperidine rings is 1. The number of benzene rings is 1. The summed E-state index contributed by atoms with van der Waals surface area (Å²) in [6, 6.07) is 2.18. The van der Waals surface area contributed by atoms with Gasteiger partial charge >= 0.3 is 6.09 Å². The molecule has 2 N–H and O–H groups in total. The third-order valence-corrected chi connectivity index (χ3v) is 3.70. The molecule has 1 aromatic carbocycles. The standard InChI is InChI=1S/C16H22F2N2O2/c1-16(2,3)22-15(21)20-6-4-10(5-7-20)11-8-14(19)13(18)9-12(11)17/h8-10H,4-7,19H2,1-3H3. The number of carbonyl (C=O) groups is 1. The maximum atomic E-state index is 13.9. The van der Waals surface area contributed by atoms with E-state index in [0.717, 1.165) is 6.07 Å². The first-order chi connectivity index (χ1) is 10.2. The first-order valence-corrected chi connectivity index (χ1v) is 7.39. The maximum absolute atomic E-state index is 13.9. The number of halogens is 2. The summed E-state index contributed by atoms with van der Waals surface area (Å²) in [5.74, 6) is -1.39. The SMILES string of the molecule is CC(C)(C)OC(=O)N1CCC(c2cc(N)c(F)cc2F)CC1. The van der Waals surface area contributed by atoms with Crippen molar-refractivity contribution >= 4 is 11.8 Å². The molecule has 0 aromatic heterocycles. The largest absolute Gasteiger partial charge is 0.444 e. The number of rotatable bonds is 1. The molecule has 22 heavy (non-hydrogen) atoms. The zero-order chi connectivity index (χ0) is 16.5. The number of amides is 1. The molecule has 1 amide bonds. The lowest BCUT2D eigenvalue weighted by Gasteiger charge is -2.33. The molecule has 0 atom stereocenters. The maximum Gasteiger partial charge on any atom is 0.410 e. The molecule has 1 fully saturated rings.